The van der Waals surface area contributed by atoms with Crippen molar-refractivity contribution in [1.29, 1.82) is 5.41 Å². The molecule has 0 radical (unpaired) electrons. The average molecular weight is 342 g/mol. The first-order chi connectivity index (χ1) is 10.1. The number of rotatable bonds is 3. The van der Waals surface area contributed by atoms with Gasteiger partial charge in [0.2, 0.25) is 0 Å². The largest absolute Gasteiger partial charge is 0.457 e. The molecule has 0 unspecified atom stereocenters. The number of hydrogen-bond acceptors (Lipinski definition) is 3. The summed E-state index contributed by atoms with van der Waals surface area (Å²) in [6.07, 6.45) is 1.75. The minimum Gasteiger partial charge on any atom is -0.457 e. The molecule has 0 bridgehead atoms. The van der Waals surface area contributed by atoms with Gasteiger partial charge >= 0.3 is 0 Å². The normalized spacial score (nSPS) is 10.5. The van der Waals surface area contributed by atoms with Crippen LogP contribution in [0.25, 0.3) is 10.9 Å². The molecule has 2 aromatic carbocycles. The summed E-state index contributed by atoms with van der Waals surface area (Å²) < 4.78 is 6.55. The van der Waals surface area contributed by atoms with Crippen LogP contribution in [0.5, 0.6) is 11.5 Å². The molecule has 1 aromatic heterocycles. The van der Waals surface area contributed by atoms with Crippen molar-refractivity contribution in [3.05, 3.63) is 64.8 Å². The van der Waals surface area contributed by atoms with Gasteiger partial charge in [-0.3, -0.25) is 10.4 Å². The van der Waals surface area contributed by atoms with E-state index < -0.39 is 0 Å². The minimum absolute atomic E-state index is 0.0170. The third-order valence-electron chi connectivity index (χ3n) is 3.04. The van der Waals surface area contributed by atoms with Crippen molar-refractivity contribution >= 4 is 32.7 Å². The number of ether oxygens (including phenoxy) is 1. The number of pyridine rings is 1. The molecule has 0 atom stereocenters. The number of fused-ring (bicyclic) bond motifs is 1. The lowest BCUT2D eigenvalue weighted by molar-refractivity contribution is 0.483. The lowest BCUT2D eigenvalue weighted by Crippen LogP contribution is -2.11. The molecule has 0 amide bonds. The molecule has 5 heteroatoms. The molecule has 3 aromatic rings. The zero-order chi connectivity index (χ0) is 14.8. The van der Waals surface area contributed by atoms with Gasteiger partial charge in [0.25, 0.3) is 0 Å². The zero-order valence-electron chi connectivity index (χ0n) is 11.0. The summed E-state index contributed by atoms with van der Waals surface area (Å²) in [6, 6.07) is 15.0. The molecule has 0 aliphatic heterocycles. The lowest BCUT2D eigenvalue weighted by atomic mass is 10.2. The van der Waals surface area contributed by atoms with Gasteiger partial charge in [0, 0.05) is 27.7 Å². The summed E-state index contributed by atoms with van der Waals surface area (Å²) in [5, 5.41) is 8.52. The van der Waals surface area contributed by atoms with E-state index in [1.54, 1.807) is 24.4 Å². The molecular weight excluding hydrogens is 330 g/mol. The maximum Gasteiger partial charge on any atom is 0.129 e. The van der Waals surface area contributed by atoms with Crippen molar-refractivity contribution in [3.8, 4) is 11.5 Å². The number of halogens is 1. The Morgan fingerprint density at radius 3 is 2.62 bits per heavy atom. The van der Waals surface area contributed by atoms with Crippen molar-refractivity contribution in [2.45, 2.75) is 0 Å². The van der Waals surface area contributed by atoms with Crippen LogP contribution in [0.3, 0.4) is 0 Å². The molecule has 0 fully saturated rings. The van der Waals surface area contributed by atoms with Crippen LogP contribution < -0.4 is 10.5 Å². The maximum absolute atomic E-state index is 7.46. The average Bonchev–Trinajstić information content (AvgIpc) is 2.47. The lowest BCUT2D eigenvalue weighted by Gasteiger charge is -2.09. The first-order valence-corrected chi connectivity index (χ1v) is 7.09. The van der Waals surface area contributed by atoms with E-state index in [2.05, 4.69) is 20.9 Å². The minimum atomic E-state index is 0.0170. The topological polar surface area (TPSA) is 72.0 Å². The van der Waals surface area contributed by atoms with Crippen LogP contribution in [0.2, 0.25) is 0 Å². The molecule has 0 saturated carbocycles. The third kappa shape index (κ3) is 2.87. The fraction of sp³-hybridized carbons (Fsp3) is 0. The number of nitrogen functional groups attached to an aromatic ring is 1. The van der Waals surface area contributed by atoms with Crippen LogP contribution in [0.4, 0.5) is 0 Å². The summed E-state index contributed by atoms with van der Waals surface area (Å²) in [5.74, 6) is 1.40. The summed E-state index contributed by atoms with van der Waals surface area (Å²) in [4.78, 5) is 4.30. The fourth-order valence-electron chi connectivity index (χ4n) is 2.02. The second kappa shape index (κ2) is 5.54. The molecule has 0 aliphatic rings. The van der Waals surface area contributed by atoms with E-state index >= 15 is 0 Å². The van der Waals surface area contributed by atoms with E-state index in [1.165, 1.54) is 0 Å². The standard InChI is InChI=1S/C16H12BrN3O/c17-14-8-11(5-6-13(14)16(18)19)21-12-4-3-10-2-1-7-20-15(10)9-12/h1-9H,(H3,18,19). The highest BCUT2D eigenvalue weighted by atomic mass is 79.9. The molecule has 104 valence electrons. The number of benzene rings is 2. The number of amidine groups is 1. The van der Waals surface area contributed by atoms with Gasteiger partial charge in [-0.15, -0.1) is 0 Å². The van der Waals surface area contributed by atoms with E-state index in [1.807, 2.05) is 30.3 Å². The van der Waals surface area contributed by atoms with Crippen LogP contribution >= 0.6 is 15.9 Å². The molecule has 3 rings (SSSR count). The van der Waals surface area contributed by atoms with Crippen molar-refractivity contribution in [3.63, 3.8) is 0 Å². The Labute approximate surface area is 130 Å². The van der Waals surface area contributed by atoms with E-state index in [9.17, 15) is 0 Å². The Kier molecular flexibility index (Phi) is 3.58. The van der Waals surface area contributed by atoms with Gasteiger partial charge in [-0.1, -0.05) is 6.07 Å². The van der Waals surface area contributed by atoms with Gasteiger partial charge in [0.05, 0.1) is 5.52 Å². The molecule has 21 heavy (non-hydrogen) atoms. The molecule has 1 heterocycles. The van der Waals surface area contributed by atoms with Gasteiger partial charge in [0.15, 0.2) is 0 Å². The quantitative estimate of drug-likeness (QED) is 0.557. The van der Waals surface area contributed by atoms with Gasteiger partial charge in [-0.05, 0) is 52.3 Å². The SMILES string of the molecule is N=C(N)c1ccc(Oc2ccc3cccnc3c2)cc1Br. The van der Waals surface area contributed by atoms with Gasteiger partial charge in [-0.25, -0.2) is 0 Å². The van der Waals surface area contributed by atoms with Gasteiger partial charge in [0.1, 0.15) is 17.3 Å². The predicted octanol–water partition coefficient (Wildman–Crippen LogP) is 4.07. The third-order valence-corrected chi connectivity index (χ3v) is 3.70. The predicted molar refractivity (Wildman–Crippen MR) is 87.0 cm³/mol. The number of aromatic nitrogens is 1. The molecule has 3 N–H and O–H groups in total. The number of hydrogen-bond donors (Lipinski definition) is 2. The zero-order valence-corrected chi connectivity index (χ0v) is 12.6. The van der Waals surface area contributed by atoms with Crippen LogP contribution in [0.15, 0.2) is 59.2 Å². The Hall–Kier alpha value is -2.40. The summed E-state index contributed by atoms with van der Waals surface area (Å²) in [7, 11) is 0. The molecule has 0 saturated heterocycles. The van der Waals surface area contributed by atoms with Crippen LogP contribution in [-0.2, 0) is 0 Å². The second-order valence-corrected chi connectivity index (χ2v) is 5.37. The van der Waals surface area contributed by atoms with Crippen molar-refractivity contribution in [2.75, 3.05) is 0 Å². The second-order valence-electron chi connectivity index (χ2n) is 4.52. The first kappa shape index (κ1) is 13.6. The Morgan fingerprint density at radius 1 is 1.10 bits per heavy atom. The maximum atomic E-state index is 7.46. The monoisotopic (exact) mass is 341 g/mol. The van der Waals surface area contributed by atoms with E-state index in [-0.39, 0.29) is 5.84 Å². The van der Waals surface area contributed by atoms with Crippen molar-refractivity contribution in [1.82, 2.24) is 4.98 Å². The highest BCUT2D eigenvalue weighted by molar-refractivity contribution is 9.10. The molecule has 0 aliphatic carbocycles. The Balaban J connectivity index is 1.91. The van der Waals surface area contributed by atoms with Crippen molar-refractivity contribution < 1.29 is 4.74 Å². The highest BCUT2D eigenvalue weighted by Crippen LogP contribution is 2.28. The van der Waals surface area contributed by atoms with Crippen molar-refractivity contribution in [2.24, 2.45) is 5.73 Å². The Morgan fingerprint density at radius 2 is 1.86 bits per heavy atom. The smallest absolute Gasteiger partial charge is 0.129 e. The number of nitrogens with two attached hydrogens (primary N) is 1. The van der Waals surface area contributed by atoms with Crippen LogP contribution in [0.1, 0.15) is 5.56 Å². The van der Waals surface area contributed by atoms with Gasteiger partial charge in [-0.2, -0.15) is 0 Å². The van der Waals surface area contributed by atoms with Crippen LogP contribution in [0, 0.1) is 5.41 Å². The van der Waals surface area contributed by atoms with E-state index in [4.69, 9.17) is 15.9 Å². The molecule has 4 nitrogen and oxygen atoms in total. The molecule has 0 spiro atoms. The van der Waals surface area contributed by atoms with Gasteiger partial charge < -0.3 is 10.5 Å². The summed E-state index contributed by atoms with van der Waals surface area (Å²) >= 11 is 3.39. The fourth-order valence-corrected chi connectivity index (χ4v) is 2.59. The summed E-state index contributed by atoms with van der Waals surface area (Å²) in [5.41, 5.74) is 7.01. The van der Waals surface area contributed by atoms with E-state index in [0.29, 0.717) is 17.1 Å². The van der Waals surface area contributed by atoms with E-state index in [0.717, 1.165) is 15.4 Å². The number of nitrogens with zero attached hydrogens (tertiary/aromatic N) is 1. The highest BCUT2D eigenvalue weighted by Gasteiger charge is 2.06. The number of nitrogens with one attached hydrogen (secondary N) is 1. The Bertz CT molecular complexity index is 833. The first-order valence-electron chi connectivity index (χ1n) is 6.30. The summed E-state index contributed by atoms with van der Waals surface area (Å²) in [6.45, 7) is 0. The van der Waals surface area contributed by atoms with Crippen LogP contribution in [-0.4, -0.2) is 10.8 Å². The molecular formula is C16H12BrN3O.